The summed E-state index contributed by atoms with van der Waals surface area (Å²) in [6.45, 7) is 3.14. The van der Waals surface area contributed by atoms with Crippen LogP contribution in [-0.2, 0) is 4.74 Å². The van der Waals surface area contributed by atoms with Gasteiger partial charge in [-0.3, -0.25) is 0 Å². The van der Waals surface area contributed by atoms with Crippen molar-refractivity contribution in [1.29, 1.82) is 0 Å². The Kier molecular flexibility index (Phi) is 3.26. The lowest BCUT2D eigenvalue weighted by atomic mass is 10.2. The number of aliphatic hydroxyl groups excluding tert-OH is 2. The lowest BCUT2D eigenvalue weighted by Gasteiger charge is -2.15. The summed E-state index contributed by atoms with van der Waals surface area (Å²) < 4.78 is 5.01. The number of hydrogen-bond acceptors (Lipinski definition) is 4. The van der Waals surface area contributed by atoms with E-state index in [1.54, 1.807) is 6.92 Å². The maximum absolute atomic E-state index is 9.23. The van der Waals surface area contributed by atoms with E-state index in [0.717, 1.165) is 0 Å². The molecule has 3 N–H and O–H groups in total. The highest BCUT2D eigenvalue weighted by Crippen LogP contribution is 2.04. The molecule has 0 spiro atoms. The van der Waals surface area contributed by atoms with E-state index in [9.17, 15) is 5.11 Å². The molecule has 4 nitrogen and oxygen atoms in total. The molecule has 0 aromatic carbocycles. The molecule has 4 heteroatoms. The second kappa shape index (κ2) is 4.01. The quantitative estimate of drug-likeness (QED) is 0.482. The standard InChI is InChI=1S/C7H15NO3/c1-5(9)2-8-6-3-11-4-7(6)10/h5-10H,2-4H2,1H3/t5-,6?,7?/m1/s1. The van der Waals surface area contributed by atoms with Crippen LogP contribution < -0.4 is 5.32 Å². The predicted octanol–water partition coefficient (Wildman–Crippen LogP) is -1.28. The van der Waals surface area contributed by atoms with E-state index in [-0.39, 0.29) is 12.1 Å². The van der Waals surface area contributed by atoms with E-state index in [1.807, 2.05) is 0 Å². The van der Waals surface area contributed by atoms with E-state index in [4.69, 9.17) is 9.84 Å². The SMILES string of the molecule is C[C@@H](O)CNC1COCC1O. The number of nitrogens with one attached hydrogen (secondary N) is 1. The first-order valence-electron chi connectivity index (χ1n) is 3.87. The first-order chi connectivity index (χ1) is 5.20. The third-order valence-corrected chi connectivity index (χ3v) is 1.73. The van der Waals surface area contributed by atoms with Gasteiger partial charge in [0.25, 0.3) is 0 Å². The summed E-state index contributed by atoms with van der Waals surface area (Å²) in [6.07, 6.45) is -0.795. The Morgan fingerprint density at radius 1 is 1.64 bits per heavy atom. The highest BCUT2D eigenvalue weighted by atomic mass is 16.5. The molecule has 1 fully saturated rings. The molecule has 0 aromatic rings. The average molecular weight is 161 g/mol. The van der Waals surface area contributed by atoms with Gasteiger partial charge in [-0.1, -0.05) is 0 Å². The van der Waals surface area contributed by atoms with E-state index in [1.165, 1.54) is 0 Å². The van der Waals surface area contributed by atoms with Gasteiger partial charge in [0, 0.05) is 6.54 Å². The minimum Gasteiger partial charge on any atom is -0.392 e. The molecule has 0 radical (unpaired) electrons. The second-order valence-electron chi connectivity index (χ2n) is 2.97. The zero-order valence-electron chi connectivity index (χ0n) is 6.66. The first-order valence-corrected chi connectivity index (χ1v) is 3.87. The van der Waals surface area contributed by atoms with Gasteiger partial charge in [0.05, 0.1) is 31.5 Å². The molecule has 1 aliphatic heterocycles. The van der Waals surface area contributed by atoms with Crippen LogP contribution in [-0.4, -0.2) is 48.2 Å². The van der Waals surface area contributed by atoms with Gasteiger partial charge in [0.1, 0.15) is 0 Å². The van der Waals surface area contributed by atoms with Crippen molar-refractivity contribution in [1.82, 2.24) is 5.32 Å². The van der Waals surface area contributed by atoms with Gasteiger partial charge >= 0.3 is 0 Å². The van der Waals surface area contributed by atoms with Crippen molar-refractivity contribution in [3.8, 4) is 0 Å². The van der Waals surface area contributed by atoms with Gasteiger partial charge in [-0.25, -0.2) is 0 Å². The highest BCUT2D eigenvalue weighted by molar-refractivity contribution is 4.80. The van der Waals surface area contributed by atoms with Crippen molar-refractivity contribution >= 4 is 0 Å². The minimum atomic E-state index is -0.422. The van der Waals surface area contributed by atoms with Crippen LogP contribution in [0.15, 0.2) is 0 Å². The average Bonchev–Trinajstić information content (AvgIpc) is 2.31. The van der Waals surface area contributed by atoms with Gasteiger partial charge in [-0.2, -0.15) is 0 Å². The fraction of sp³-hybridized carbons (Fsp3) is 1.00. The van der Waals surface area contributed by atoms with Crippen molar-refractivity contribution in [2.24, 2.45) is 0 Å². The molecular formula is C7H15NO3. The molecule has 0 aliphatic carbocycles. The molecule has 66 valence electrons. The largest absolute Gasteiger partial charge is 0.392 e. The molecule has 11 heavy (non-hydrogen) atoms. The van der Waals surface area contributed by atoms with E-state index < -0.39 is 6.10 Å². The van der Waals surface area contributed by atoms with Crippen LogP contribution in [0.3, 0.4) is 0 Å². The summed E-state index contributed by atoms with van der Waals surface area (Å²) >= 11 is 0. The van der Waals surface area contributed by atoms with Crippen molar-refractivity contribution in [3.05, 3.63) is 0 Å². The molecule has 0 aromatic heterocycles. The number of rotatable bonds is 3. The summed E-state index contributed by atoms with van der Waals surface area (Å²) in [5, 5.41) is 21.2. The van der Waals surface area contributed by atoms with Gasteiger partial charge < -0.3 is 20.3 Å². The molecule has 1 aliphatic rings. The molecular weight excluding hydrogens is 146 g/mol. The van der Waals surface area contributed by atoms with E-state index in [0.29, 0.717) is 19.8 Å². The Balaban J connectivity index is 2.15. The van der Waals surface area contributed by atoms with Crippen LogP contribution in [0.2, 0.25) is 0 Å². The van der Waals surface area contributed by atoms with E-state index >= 15 is 0 Å². The molecule has 3 atom stereocenters. The molecule has 2 unspecified atom stereocenters. The molecule has 0 saturated carbocycles. The third kappa shape index (κ3) is 2.75. The van der Waals surface area contributed by atoms with E-state index in [2.05, 4.69) is 5.32 Å². The smallest absolute Gasteiger partial charge is 0.0948 e. The number of hydrogen-bond donors (Lipinski definition) is 3. The summed E-state index contributed by atoms with van der Waals surface area (Å²) in [6, 6.07) is -0.00963. The number of aliphatic hydroxyl groups is 2. The maximum Gasteiger partial charge on any atom is 0.0948 e. The van der Waals surface area contributed by atoms with Crippen LogP contribution >= 0.6 is 0 Å². The predicted molar refractivity (Wildman–Crippen MR) is 40.3 cm³/mol. The Hall–Kier alpha value is -0.160. The van der Waals surface area contributed by atoms with Crippen LogP contribution in [0.5, 0.6) is 0 Å². The summed E-state index contributed by atoms with van der Waals surface area (Å²) in [4.78, 5) is 0. The lowest BCUT2D eigenvalue weighted by Crippen LogP contribution is -2.41. The van der Waals surface area contributed by atoms with Crippen molar-refractivity contribution in [3.63, 3.8) is 0 Å². The van der Waals surface area contributed by atoms with Crippen LogP contribution in [0.1, 0.15) is 6.92 Å². The van der Waals surface area contributed by atoms with Crippen molar-refractivity contribution in [2.45, 2.75) is 25.2 Å². The third-order valence-electron chi connectivity index (χ3n) is 1.73. The maximum atomic E-state index is 9.23. The Labute approximate surface area is 66.2 Å². The topological polar surface area (TPSA) is 61.7 Å². The monoisotopic (exact) mass is 161 g/mol. The molecule has 1 heterocycles. The Bertz CT molecular complexity index is 118. The minimum absolute atomic E-state index is 0.00963. The summed E-state index contributed by atoms with van der Waals surface area (Å²) in [7, 11) is 0. The molecule has 0 bridgehead atoms. The molecule has 1 rings (SSSR count). The first kappa shape index (κ1) is 8.93. The van der Waals surface area contributed by atoms with Crippen molar-refractivity contribution in [2.75, 3.05) is 19.8 Å². The summed E-state index contributed by atoms with van der Waals surface area (Å²) in [5.41, 5.74) is 0. The van der Waals surface area contributed by atoms with Crippen LogP contribution in [0.25, 0.3) is 0 Å². The van der Waals surface area contributed by atoms with Crippen molar-refractivity contribution < 1.29 is 14.9 Å². The second-order valence-corrected chi connectivity index (χ2v) is 2.97. The van der Waals surface area contributed by atoms with Crippen LogP contribution in [0.4, 0.5) is 0 Å². The van der Waals surface area contributed by atoms with Gasteiger partial charge in [0.15, 0.2) is 0 Å². The molecule has 1 saturated heterocycles. The summed E-state index contributed by atoms with van der Waals surface area (Å²) in [5.74, 6) is 0. The zero-order valence-corrected chi connectivity index (χ0v) is 6.66. The van der Waals surface area contributed by atoms with Gasteiger partial charge in [-0.15, -0.1) is 0 Å². The Morgan fingerprint density at radius 3 is 2.82 bits per heavy atom. The number of ether oxygens (including phenoxy) is 1. The zero-order chi connectivity index (χ0) is 8.27. The molecule has 0 amide bonds. The normalized spacial score (nSPS) is 34.1. The highest BCUT2D eigenvalue weighted by Gasteiger charge is 2.25. The Morgan fingerprint density at radius 2 is 2.36 bits per heavy atom. The van der Waals surface area contributed by atoms with Crippen LogP contribution in [0, 0.1) is 0 Å². The fourth-order valence-corrected chi connectivity index (χ4v) is 1.06. The van der Waals surface area contributed by atoms with Gasteiger partial charge in [-0.05, 0) is 6.92 Å². The van der Waals surface area contributed by atoms with Gasteiger partial charge in [0.2, 0.25) is 0 Å². The lowest BCUT2D eigenvalue weighted by molar-refractivity contribution is 0.119. The fourth-order valence-electron chi connectivity index (χ4n) is 1.06.